The summed E-state index contributed by atoms with van der Waals surface area (Å²) in [5, 5.41) is 0. The number of Topliss-reactive ketones (excluding diaryl/α,β-unsaturated/α-hetero) is 1. The number of hydrogen-bond donors (Lipinski definition) is 0. The molecular weight excluding hydrogens is 243 g/mol. The second-order valence-corrected chi connectivity index (χ2v) is 4.61. The molecule has 96 valence electrons. The number of rotatable bonds is 3. The third-order valence-electron chi connectivity index (χ3n) is 3.32. The van der Waals surface area contributed by atoms with E-state index < -0.39 is 0 Å². The zero-order valence-electron chi connectivity index (χ0n) is 10.4. The van der Waals surface area contributed by atoms with Crippen LogP contribution in [0.4, 0.5) is 4.39 Å². The van der Waals surface area contributed by atoms with Crippen LogP contribution in [0.25, 0.3) is 0 Å². The Labute approximate surface area is 110 Å². The Kier molecular flexibility index (Phi) is 3.03. The summed E-state index contributed by atoms with van der Waals surface area (Å²) in [5.74, 6) is 0.447. The lowest BCUT2D eigenvalue weighted by Crippen LogP contribution is -2.05. The highest BCUT2D eigenvalue weighted by Crippen LogP contribution is 2.26. The highest BCUT2D eigenvalue weighted by Gasteiger charge is 2.16. The molecule has 2 aromatic rings. The topological polar surface area (TPSA) is 26.3 Å². The van der Waals surface area contributed by atoms with Gasteiger partial charge in [-0.3, -0.25) is 4.79 Å². The average Bonchev–Trinajstić information content (AvgIpc) is 2.88. The number of hydrogen-bond acceptors (Lipinski definition) is 2. The fourth-order valence-corrected chi connectivity index (χ4v) is 2.28. The minimum Gasteiger partial charge on any atom is -0.493 e. The number of carbonyl (C=O) groups is 1. The van der Waals surface area contributed by atoms with E-state index >= 15 is 0 Å². The van der Waals surface area contributed by atoms with Gasteiger partial charge < -0.3 is 4.74 Å². The van der Waals surface area contributed by atoms with Crippen molar-refractivity contribution in [3.05, 3.63) is 65.0 Å². The van der Waals surface area contributed by atoms with Gasteiger partial charge in [-0.05, 0) is 35.4 Å². The molecule has 0 radical (unpaired) electrons. The number of halogens is 1. The van der Waals surface area contributed by atoms with Crippen molar-refractivity contribution in [3.8, 4) is 5.75 Å². The van der Waals surface area contributed by atoms with Gasteiger partial charge >= 0.3 is 0 Å². The van der Waals surface area contributed by atoms with Crippen molar-refractivity contribution >= 4 is 5.78 Å². The Morgan fingerprint density at radius 2 is 2.05 bits per heavy atom. The van der Waals surface area contributed by atoms with Gasteiger partial charge in [-0.1, -0.05) is 18.2 Å². The van der Waals surface area contributed by atoms with Crippen molar-refractivity contribution in [3.63, 3.8) is 0 Å². The molecule has 1 aliphatic rings. The first-order valence-corrected chi connectivity index (χ1v) is 6.26. The SMILES string of the molecule is O=C(Cc1ccccc1F)c1ccc2c(c1)CCO2. The van der Waals surface area contributed by atoms with E-state index in [4.69, 9.17) is 4.74 Å². The molecule has 3 rings (SSSR count). The van der Waals surface area contributed by atoms with E-state index in [1.807, 2.05) is 12.1 Å². The maximum atomic E-state index is 13.5. The zero-order chi connectivity index (χ0) is 13.2. The van der Waals surface area contributed by atoms with Crippen LogP contribution in [0, 0.1) is 5.82 Å². The van der Waals surface area contributed by atoms with Crippen molar-refractivity contribution in [2.45, 2.75) is 12.8 Å². The molecule has 0 atom stereocenters. The van der Waals surface area contributed by atoms with Crippen LogP contribution in [0.2, 0.25) is 0 Å². The molecule has 2 nitrogen and oxygen atoms in total. The molecule has 0 spiro atoms. The minimum absolute atomic E-state index is 0.0696. The molecule has 1 aliphatic heterocycles. The molecule has 0 saturated heterocycles. The lowest BCUT2D eigenvalue weighted by Gasteiger charge is -2.05. The molecule has 0 aromatic heterocycles. The van der Waals surface area contributed by atoms with Gasteiger partial charge in [0.05, 0.1) is 6.61 Å². The maximum absolute atomic E-state index is 13.5. The first kappa shape index (κ1) is 11.9. The monoisotopic (exact) mass is 256 g/mol. The lowest BCUT2D eigenvalue weighted by molar-refractivity contribution is 0.0991. The molecule has 1 heterocycles. The van der Waals surface area contributed by atoms with E-state index in [1.54, 1.807) is 24.3 Å². The van der Waals surface area contributed by atoms with Gasteiger partial charge in [0, 0.05) is 18.4 Å². The highest BCUT2D eigenvalue weighted by atomic mass is 19.1. The van der Waals surface area contributed by atoms with E-state index in [1.165, 1.54) is 6.07 Å². The van der Waals surface area contributed by atoms with Gasteiger partial charge in [0.15, 0.2) is 5.78 Å². The Hall–Kier alpha value is -2.16. The van der Waals surface area contributed by atoms with Gasteiger partial charge in [0.1, 0.15) is 11.6 Å². The Morgan fingerprint density at radius 3 is 2.89 bits per heavy atom. The average molecular weight is 256 g/mol. The normalized spacial score (nSPS) is 12.9. The summed E-state index contributed by atoms with van der Waals surface area (Å²) >= 11 is 0. The van der Waals surface area contributed by atoms with Gasteiger partial charge in [-0.15, -0.1) is 0 Å². The van der Waals surface area contributed by atoms with E-state index in [9.17, 15) is 9.18 Å². The first-order chi connectivity index (χ1) is 9.24. The smallest absolute Gasteiger partial charge is 0.167 e. The number of benzene rings is 2. The van der Waals surface area contributed by atoms with E-state index in [2.05, 4.69) is 0 Å². The Bertz CT molecular complexity index is 634. The molecule has 19 heavy (non-hydrogen) atoms. The third-order valence-corrected chi connectivity index (χ3v) is 3.32. The van der Waals surface area contributed by atoms with Crippen molar-refractivity contribution in [1.82, 2.24) is 0 Å². The van der Waals surface area contributed by atoms with Crippen molar-refractivity contribution < 1.29 is 13.9 Å². The molecule has 3 heteroatoms. The van der Waals surface area contributed by atoms with Crippen LogP contribution in [0.15, 0.2) is 42.5 Å². The van der Waals surface area contributed by atoms with Crippen molar-refractivity contribution in [2.24, 2.45) is 0 Å². The van der Waals surface area contributed by atoms with Crippen LogP contribution >= 0.6 is 0 Å². The molecule has 0 unspecified atom stereocenters. The number of fused-ring (bicyclic) bond motifs is 1. The molecule has 0 bridgehead atoms. The van der Waals surface area contributed by atoms with Crippen LogP contribution in [0.5, 0.6) is 5.75 Å². The Balaban J connectivity index is 1.83. The lowest BCUT2D eigenvalue weighted by atomic mass is 10.00. The summed E-state index contributed by atoms with van der Waals surface area (Å²) in [6.45, 7) is 0.667. The fourth-order valence-electron chi connectivity index (χ4n) is 2.28. The predicted molar refractivity (Wildman–Crippen MR) is 70.1 cm³/mol. The Morgan fingerprint density at radius 1 is 1.21 bits per heavy atom. The molecule has 0 N–H and O–H groups in total. The summed E-state index contributed by atoms with van der Waals surface area (Å²) in [6, 6.07) is 11.8. The molecular formula is C16H13FO2. The maximum Gasteiger partial charge on any atom is 0.167 e. The summed E-state index contributed by atoms with van der Waals surface area (Å²) in [5.41, 5.74) is 2.11. The van der Waals surface area contributed by atoms with Crippen molar-refractivity contribution in [2.75, 3.05) is 6.61 Å². The van der Waals surface area contributed by atoms with Gasteiger partial charge in [-0.25, -0.2) is 4.39 Å². The summed E-state index contributed by atoms with van der Waals surface area (Å²) in [4.78, 5) is 12.2. The number of ketones is 1. The predicted octanol–water partition coefficient (Wildman–Crippen LogP) is 3.19. The molecule has 0 aliphatic carbocycles. The third kappa shape index (κ3) is 2.36. The van der Waals surface area contributed by atoms with Crippen LogP contribution in [-0.2, 0) is 12.8 Å². The number of carbonyl (C=O) groups excluding carboxylic acids is 1. The van der Waals surface area contributed by atoms with Crippen LogP contribution in [-0.4, -0.2) is 12.4 Å². The quantitative estimate of drug-likeness (QED) is 0.788. The van der Waals surface area contributed by atoms with Crippen molar-refractivity contribution in [1.29, 1.82) is 0 Å². The van der Waals surface area contributed by atoms with Gasteiger partial charge in [-0.2, -0.15) is 0 Å². The fraction of sp³-hybridized carbons (Fsp3) is 0.188. The standard InChI is InChI=1S/C16H13FO2/c17-14-4-2-1-3-11(14)10-15(18)12-5-6-16-13(9-12)7-8-19-16/h1-6,9H,7-8,10H2. The molecule has 0 fully saturated rings. The second-order valence-electron chi connectivity index (χ2n) is 4.61. The molecule has 0 saturated carbocycles. The summed E-state index contributed by atoms with van der Waals surface area (Å²) in [7, 11) is 0. The van der Waals surface area contributed by atoms with Crippen LogP contribution in [0.1, 0.15) is 21.5 Å². The van der Waals surface area contributed by atoms with Crippen LogP contribution < -0.4 is 4.74 Å². The van der Waals surface area contributed by atoms with E-state index in [0.717, 1.165) is 17.7 Å². The van der Waals surface area contributed by atoms with Gasteiger partial charge in [0.25, 0.3) is 0 Å². The van der Waals surface area contributed by atoms with Gasteiger partial charge in [0.2, 0.25) is 0 Å². The zero-order valence-corrected chi connectivity index (χ0v) is 10.4. The minimum atomic E-state index is -0.333. The van der Waals surface area contributed by atoms with E-state index in [0.29, 0.717) is 17.7 Å². The first-order valence-electron chi connectivity index (χ1n) is 6.26. The van der Waals surface area contributed by atoms with E-state index in [-0.39, 0.29) is 18.0 Å². The molecule has 0 amide bonds. The second kappa shape index (κ2) is 4.84. The highest BCUT2D eigenvalue weighted by molar-refractivity contribution is 5.97. The largest absolute Gasteiger partial charge is 0.493 e. The van der Waals surface area contributed by atoms with Crippen LogP contribution in [0.3, 0.4) is 0 Å². The summed E-state index contributed by atoms with van der Waals surface area (Å²) < 4.78 is 18.9. The number of ether oxygens (including phenoxy) is 1. The molecule has 2 aromatic carbocycles. The summed E-state index contributed by atoms with van der Waals surface area (Å²) in [6.07, 6.45) is 0.919.